The third kappa shape index (κ3) is 2.01. The smallest absolute Gasteiger partial charge is 0.306 e. The van der Waals surface area contributed by atoms with Crippen LogP contribution in [0.3, 0.4) is 0 Å². The average molecular weight is 390 g/mol. The van der Waals surface area contributed by atoms with Crippen molar-refractivity contribution in [3.05, 3.63) is 11.8 Å². The molecule has 4 fully saturated rings. The molecule has 2 aliphatic heterocycles. The van der Waals surface area contributed by atoms with Crippen LogP contribution in [0.15, 0.2) is 11.8 Å². The number of esters is 1. The largest absolute Gasteiger partial charge is 0.493 e. The van der Waals surface area contributed by atoms with Crippen molar-refractivity contribution in [3.8, 4) is 0 Å². The molecule has 3 aliphatic carbocycles. The number of fused-ring (bicyclic) bond motifs is 4. The Kier molecular flexibility index (Phi) is 3.87. The molecule has 0 aromatic heterocycles. The minimum Gasteiger partial charge on any atom is -0.493 e. The second-order valence-electron chi connectivity index (χ2n) is 9.92. The van der Waals surface area contributed by atoms with Gasteiger partial charge in [-0.3, -0.25) is 9.59 Å². The number of ketones is 1. The van der Waals surface area contributed by atoms with E-state index < -0.39 is 5.41 Å². The van der Waals surface area contributed by atoms with E-state index >= 15 is 0 Å². The van der Waals surface area contributed by atoms with Crippen molar-refractivity contribution in [2.75, 3.05) is 13.9 Å². The van der Waals surface area contributed by atoms with Gasteiger partial charge in [0.2, 0.25) is 5.78 Å². The van der Waals surface area contributed by atoms with E-state index in [0.717, 1.165) is 0 Å². The fraction of sp³-hybridized carbons (Fsp3) is 0.818. The zero-order chi connectivity index (χ0) is 20.0. The Morgan fingerprint density at radius 2 is 1.82 bits per heavy atom. The van der Waals surface area contributed by atoms with Crippen LogP contribution in [0.2, 0.25) is 0 Å². The Labute approximate surface area is 165 Å². The Balaban J connectivity index is 1.72. The summed E-state index contributed by atoms with van der Waals surface area (Å²) < 4.78 is 23.6. The van der Waals surface area contributed by atoms with Crippen LogP contribution >= 0.6 is 0 Å². The van der Waals surface area contributed by atoms with Crippen molar-refractivity contribution >= 4 is 11.8 Å². The third-order valence-corrected chi connectivity index (χ3v) is 9.02. The number of carbonyl (C=O) groups excluding carboxylic acids is 2. The van der Waals surface area contributed by atoms with Gasteiger partial charge in [-0.15, -0.1) is 0 Å². The third-order valence-electron chi connectivity index (χ3n) is 9.02. The van der Waals surface area contributed by atoms with Crippen LogP contribution in [0.4, 0.5) is 0 Å². The van der Waals surface area contributed by atoms with Crippen molar-refractivity contribution in [1.82, 2.24) is 0 Å². The number of hydrogen-bond donors (Lipinski definition) is 0. The molecular weight excluding hydrogens is 360 g/mol. The van der Waals surface area contributed by atoms with Gasteiger partial charge >= 0.3 is 5.97 Å². The molecule has 2 saturated heterocycles. The number of allylic oxidation sites excluding steroid dienone is 2. The van der Waals surface area contributed by atoms with E-state index in [1.54, 1.807) is 7.11 Å². The fourth-order valence-corrected chi connectivity index (χ4v) is 7.78. The molecule has 1 unspecified atom stereocenters. The maximum absolute atomic E-state index is 13.7. The van der Waals surface area contributed by atoms with Crippen molar-refractivity contribution in [3.63, 3.8) is 0 Å². The van der Waals surface area contributed by atoms with Gasteiger partial charge in [0.15, 0.2) is 5.76 Å². The molecule has 0 spiro atoms. The highest BCUT2D eigenvalue weighted by molar-refractivity contribution is 5.99. The highest BCUT2D eigenvalue weighted by atomic mass is 16.7. The molecule has 0 aromatic carbocycles. The minimum absolute atomic E-state index is 0.0576. The van der Waals surface area contributed by atoms with Gasteiger partial charge < -0.3 is 18.9 Å². The number of carbonyl (C=O) groups is 2. The Hall–Kier alpha value is -1.40. The van der Waals surface area contributed by atoms with E-state index in [1.807, 2.05) is 6.08 Å². The minimum atomic E-state index is -0.635. The average Bonchev–Trinajstić information content (AvgIpc) is 3.12. The highest BCUT2D eigenvalue weighted by Gasteiger charge is 2.74. The molecule has 5 aliphatic rings. The van der Waals surface area contributed by atoms with E-state index in [1.165, 1.54) is 0 Å². The van der Waals surface area contributed by atoms with Crippen molar-refractivity contribution in [2.24, 2.45) is 40.4 Å². The van der Waals surface area contributed by atoms with Crippen LogP contribution in [0.25, 0.3) is 0 Å². The van der Waals surface area contributed by atoms with Crippen LogP contribution in [0, 0.1) is 40.4 Å². The van der Waals surface area contributed by atoms with Gasteiger partial charge in [-0.05, 0) is 36.2 Å². The van der Waals surface area contributed by atoms with Crippen molar-refractivity contribution < 1.29 is 28.5 Å². The maximum atomic E-state index is 13.7. The Morgan fingerprint density at radius 1 is 1.11 bits per heavy atom. The van der Waals surface area contributed by atoms with E-state index in [2.05, 4.69) is 27.7 Å². The van der Waals surface area contributed by atoms with Gasteiger partial charge in [0.1, 0.15) is 12.9 Å². The summed E-state index contributed by atoms with van der Waals surface area (Å²) in [6, 6.07) is 0. The van der Waals surface area contributed by atoms with Gasteiger partial charge in [-0.2, -0.15) is 0 Å². The molecule has 6 heteroatoms. The molecule has 2 heterocycles. The lowest BCUT2D eigenvalue weighted by atomic mass is 9.38. The van der Waals surface area contributed by atoms with E-state index in [0.29, 0.717) is 18.6 Å². The molecule has 0 aromatic rings. The first-order valence-corrected chi connectivity index (χ1v) is 10.5. The zero-order valence-corrected chi connectivity index (χ0v) is 17.3. The van der Waals surface area contributed by atoms with Gasteiger partial charge in [0, 0.05) is 23.2 Å². The topological polar surface area (TPSA) is 71.1 Å². The van der Waals surface area contributed by atoms with Crippen LogP contribution in [0.1, 0.15) is 40.5 Å². The summed E-state index contributed by atoms with van der Waals surface area (Å²) in [5, 5.41) is 0. The summed E-state index contributed by atoms with van der Waals surface area (Å²) in [4.78, 5) is 26.2. The SMILES string of the molecule is COC1=C[C@@H](C)[C@@H]2C[C@H]3OC(=O)C[C@H]4C(C)[C@@H]5OCO[C@H]5[C@H]([C@@]2(C)C1=O)[C@@]34C. The lowest BCUT2D eigenvalue weighted by molar-refractivity contribution is -0.261. The van der Waals surface area contributed by atoms with Gasteiger partial charge in [0.05, 0.1) is 19.3 Å². The summed E-state index contributed by atoms with van der Waals surface area (Å²) in [5.41, 5.74) is -0.956. The summed E-state index contributed by atoms with van der Waals surface area (Å²) in [6.07, 6.45) is 2.57. The quantitative estimate of drug-likeness (QED) is 0.641. The van der Waals surface area contributed by atoms with Crippen LogP contribution in [-0.4, -0.2) is 44.0 Å². The predicted octanol–water partition coefficient (Wildman–Crippen LogP) is 2.71. The number of methoxy groups -OCH3 is 1. The first-order chi connectivity index (χ1) is 13.2. The standard InChI is InChI=1S/C22H30O6/c1-10-6-14(25-5)20(24)22(4)12(10)7-15-21(3)13(8-16(23)28-15)11(2)17-18(19(21)22)27-9-26-17/h6,10-13,15,17-19H,7-9H2,1-5H3/t10-,11?,12+,13+,15-,17+,18-,19+,21-,22+/m1/s1. The zero-order valence-electron chi connectivity index (χ0n) is 17.3. The summed E-state index contributed by atoms with van der Waals surface area (Å²) in [6.45, 7) is 8.85. The Morgan fingerprint density at radius 3 is 2.54 bits per heavy atom. The molecule has 10 atom stereocenters. The number of rotatable bonds is 1. The normalized spacial score (nSPS) is 54.8. The van der Waals surface area contributed by atoms with Crippen molar-refractivity contribution in [2.45, 2.75) is 58.8 Å². The lowest BCUT2D eigenvalue weighted by Crippen LogP contribution is -2.73. The van der Waals surface area contributed by atoms with Crippen LogP contribution in [-0.2, 0) is 28.5 Å². The lowest BCUT2D eigenvalue weighted by Gasteiger charge is -2.68. The molecule has 5 rings (SSSR count). The molecule has 2 saturated carbocycles. The molecule has 28 heavy (non-hydrogen) atoms. The van der Waals surface area contributed by atoms with Crippen LogP contribution < -0.4 is 0 Å². The number of ether oxygens (including phenoxy) is 4. The molecule has 0 radical (unpaired) electrons. The molecule has 0 N–H and O–H groups in total. The van der Waals surface area contributed by atoms with Gasteiger partial charge in [-0.1, -0.05) is 27.7 Å². The van der Waals surface area contributed by atoms with E-state index in [4.69, 9.17) is 18.9 Å². The highest BCUT2D eigenvalue weighted by Crippen LogP contribution is 2.69. The summed E-state index contributed by atoms with van der Waals surface area (Å²) in [5.74, 6) is 0.825. The molecule has 6 nitrogen and oxygen atoms in total. The second kappa shape index (κ2) is 5.82. The van der Waals surface area contributed by atoms with Crippen LogP contribution in [0.5, 0.6) is 0 Å². The monoisotopic (exact) mass is 390 g/mol. The number of hydrogen-bond acceptors (Lipinski definition) is 6. The molecular formula is C22H30O6. The van der Waals surface area contributed by atoms with E-state index in [-0.39, 0.29) is 71.9 Å². The number of Topliss-reactive ketones (excluding diaryl/α,β-unsaturated/α-hetero) is 1. The maximum Gasteiger partial charge on any atom is 0.306 e. The van der Waals surface area contributed by atoms with E-state index in [9.17, 15) is 9.59 Å². The summed E-state index contributed by atoms with van der Waals surface area (Å²) >= 11 is 0. The van der Waals surface area contributed by atoms with Gasteiger partial charge in [0.25, 0.3) is 0 Å². The molecule has 0 amide bonds. The first kappa shape index (κ1) is 18.6. The first-order valence-electron chi connectivity index (χ1n) is 10.5. The molecule has 154 valence electrons. The fourth-order valence-electron chi connectivity index (χ4n) is 7.78. The Bertz CT molecular complexity index is 760. The predicted molar refractivity (Wildman–Crippen MR) is 98.8 cm³/mol. The molecule has 0 bridgehead atoms. The van der Waals surface area contributed by atoms with Gasteiger partial charge in [-0.25, -0.2) is 0 Å². The summed E-state index contributed by atoms with van der Waals surface area (Å²) in [7, 11) is 1.57. The second-order valence-corrected chi connectivity index (χ2v) is 9.92. The van der Waals surface area contributed by atoms with Crippen molar-refractivity contribution in [1.29, 1.82) is 0 Å².